The molecule has 2 saturated heterocycles. The molecule has 5 nitrogen and oxygen atoms in total. The van der Waals surface area contributed by atoms with Crippen molar-refractivity contribution in [3.05, 3.63) is 48.4 Å². The van der Waals surface area contributed by atoms with E-state index < -0.39 is 0 Å². The number of likely N-dealkylation sites (tertiary alicyclic amines) is 1. The van der Waals surface area contributed by atoms with Crippen LogP contribution in [0.4, 0.5) is 0 Å². The number of piperidine rings is 1. The van der Waals surface area contributed by atoms with E-state index in [2.05, 4.69) is 45.8 Å². The van der Waals surface area contributed by atoms with Crippen molar-refractivity contribution in [2.45, 2.75) is 44.8 Å². The van der Waals surface area contributed by atoms with E-state index in [1.165, 1.54) is 29.4 Å². The van der Waals surface area contributed by atoms with Crippen LogP contribution in [0.2, 0.25) is 0 Å². The molecular formula is C23H28N4O. The highest BCUT2D eigenvalue weighted by Crippen LogP contribution is 2.34. The lowest BCUT2D eigenvalue weighted by molar-refractivity contribution is 0.0608. The third kappa shape index (κ3) is 3.33. The molecule has 2 aliphatic rings. The van der Waals surface area contributed by atoms with Gasteiger partial charge >= 0.3 is 0 Å². The van der Waals surface area contributed by atoms with Crippen molar-refractivity contribution in [2.24, 2.45) is 0 Å². The Kier molecular flexibility index (Phi) is 4.87. The average Bonchev–Trinajstić information content (AvgIpc) is 3.41. The standard InChI is InChI=1S/C23H28N4O/c1-17-6-7-21-20(5-2-10-24-21)22(17)23-25-11-14-27(23)18-8-12-26(13-9-18)16-19-4-3-15-28-19/h2,5-7,10-11,14,18-19H,3-4,8-9,12-13,15-16H2,1H3. The van der Waals surface area contributed by atoms with Gasteiger partial charge in [-0.2, -0.15) is 0 Å². The molecule has 3 aromatic rings. The zero-order valence-electron chi connectivity index (χ0n) is 16.6. The van der Waals surface area contributed by atoms with Crippen LogP contribution in [0.15, 0.2) is 42.9 Å². The number of fused-ring (bicyclic) bond motifs is 1. The summed E-state index contributed by atoms with van der Waals surface area (Å²) in [5, 5.41) is 1.19. The summed E-state index contributed by atoms with van der Waals surface area (Å²) in [6, 6.07) is 8.94. The SMILES string of the molecule is Cc1ccc2ncccc2c1-c1nccn1C1CCN(CC2CCCO2)CC1. The van der Waals surface area contributed by atoms with E-state index in [9.17, 15) is 0 Å². The number of aromatic nitrogens is 3. The topological polar surface area (TPSA) is 43.2 Å². The molecular weight excluding hydrogens is 348 g/mol. The molecule has 5 rings (SSSR count). The number of benzene rings is 1. The van der Waals surface area contributed by atoms with Gasteiger partial charge in [-0.1, -0.05) is 12.1 Å². The maximum Gasteiger partial charge on any atom is 0.141 e. The van der Waals surface area contributed by atoms with Gasteiger partial charge in [0.25, 0.3) is 0 Å². The zero-order valence-corrected chi connectivity index (χ0v) is 16.6. The largest absolute Gasteiger partial charge is 0.377 e. The Morgan fingerprint density at radius 3 is 2.79 bits per heavy atom. The Hall–Kier alpha value is -2.24. The zero-order chi connectivity index (χ0) is 18.9. The summed E-state index contributed by atoms with van der Waals surface area (Å²) in [5.74, 6) is 1.08. The molecule has 1 atom stereocenters. The number of ether oxygens (including phenoxy) is 1. The lowest BCUT2D eigenvalue weighted by atomic mass is 10.00. The van der Waals surface area contributed by atoms with Gasteiger partial charge in [0.05, 0.1) is 11.6 Å². The molecule has 2 aliphatic heterocycles. The Morgan fingerprint density at radius 1 is 1.07 bits per heavy atom. The Balaban J connectivity index is 1.38. The molecule has 5 heteroatoms. The Labute approximate surface area is 166 Å². The smallest absolute Gasteiger partial charge is 0.141 e. The van der Waals surface area contributed by atoms with Gasteiger partial charge in [0.2, 0.25) is 0 Å². The summed E-state index contributed by atoms with van der Waals surface area (Å²) in [7, 11) is 0. The van der Waals surface area contributed by atoms with Crippen molar-refractivity contribution in [2.75, 3.05) is 26.2 Å². The van der Waals surface area contributed by atoms with Crippen LogP contribution in [0.1, 0.15) is 37.3 Å². The summed E-state index contributed by atoms with van der Waals surface area (Å²) >= 11 is 0. The third-order valence-corrected chi connectivity index (χ3v) is 6.32. The van der Waals surface area contributed by atoms with E-state index in [0.29, 0.717) is 12.1 Å². The Bertz CT molecular complexity index is 952. The molecule has 0 amide bonds. The lowest BCUT2D eigenvalue weighted by Crippen LogP contribution is -2.39. The first-order valence-corrected chi connectivity index (χ1v) is 10.5. The van der Waals surface area contributed by atoms with Crippen LogP contribution in [0.3, 0.4) is 0 Å². The predicted octanol–water partition coefficient (Wildman–Crippen LogP) is 4.22. The number of rotatable bonds is 4. The molecule has 0 saturated carbocycles. The van der Waals surface area contributed by atoms with Gasteiger partial charge in [-0.05, 0) is 50.3 Å². The number of imidazole rings is 1. The summed E-state index contributed by atoms with van der Waals surface area (Å²) in [5.41, 5.74) is 3.50. The summed E-state index contributed by atoms with van der Waals surface area (Å²) in [4.78, 5) is 11.9. The molecule has 0 N–H and O–H groups in total. The number of pyridine rings is 1. The second kappa shape index (κ2) is 7.64. The van der Waals surface area contributed by atoms with Crippen LogP contribution in [-0.2, 0) is 4.74 Å². The first kappa shape index (κ1) is 17.8. The summed E-state index contributed by atoms with van der Waals surface area (Å²) in [6.45, 7) is 6.48. The summed E-state index contributed by atoms with van der Waals surface area (Å²) in [6.07, 6.45) is 11.2. The second-order valence-corrected chi connectivity index (χ2v) is 8.15. The van der Waals surface area contributed by atoms with E-state index in [4.69, 9.17) is 9.72 Å². The first-order chi connectivity index (χ1) is 13.8. The van der Waals surface area contributed by atoms with Gasteiger partial charge in [0, 0.05) is 61.8 Å². The maximum atomic E-state index is 5.82. The van der Waals surface area contributed by atoms with Gasteiger partial charge in [0.15, 0.2) is 0 Å². The minimum atomic E-state index is 0.450. The molecule has 2 fully saturated rings. The fraction of sp³-hybridized carbons (Fsp3) is 0.478. The van der Waals surface area contributed by atoms with Crippen molar-refractivity contribution >= 4 is 10.9 Å². The van der Waals surface area contributed by atoms with E-state index in [0.717, 1.165) is 50.4 Å². The number of aryl methyl sites for hydroxylation is 1. The highest BCUT2D eigenvalue weighted by Gasteiger charge is 2.26. The number of nitrogens with zero attached hydrogens (tertiary/aromatic N) is 4. The first-order valence-electron chi connectivity index (χ1n) is 10.5. The minimum Gasteiger partial charge on any atom is -0.377 e. The van der Waals surface area contributed by atoms with Crippen LogP contribution < -0.4 is 0 Å². The van der Waals surface area contributed by atoms with E-state index in [-0.39, 0.29) is 0 Å². The molecule has 1 aromatic carbocycles. The molecule has 4 heterocycles. The monoisotopic (exact) mass is 376 g/mol. The number of hydrogen-bond donors (Lipinski definition) is 0. The van der Waals surface area contributed by atoms with Crippen LogP contribution in [0.5, 0.6) is 0 Å². The van der Waals surface area contributed by atoms with E-state index >= 15 is 0 Å². The molecule has 146 valence electrons. The molecule has 0 radical (unpaired) electrons. The third-order valence-electron chi connectivity index (χ3n) is 6.32. The normalized spacial score (nSPS) is 21.5. The van der Waals surface area contributed by atoms with Crippen molar-refractivity contribution in [1.29, 1.82) is 0 Å². The number of hydrogen-bond acceptors (Lipinski definition) is 4. The van der Waals surface area contributed by atoms with Gasteiger partial charge in [-0.3, -0.25) is 4.98 Å². The fourth-order valence-electron chi connectivity index (χ4n) is 4.82. The molecule has 0 aliphatic carbocycles. The molecule has 2 aromatic heterocycles. The van der Waals surface area contributed by atoms with Gasteiger partial charge in [0.1, 0.15) is 5.82 Å². The average molecular weight is 377 g/mol. The van der Waals surface area contributed by atoms with Crippen LogP contribution in [0.25, 0.3) is 22.3 Å². The van der Waals surface area contributed by atoms with Gasteiger partial charge in [-0.15, -0.1) is 0 Å². The minimum absolute atomic E-state index is 0.450. The molecule has 0 bridgehead atoms. The second-order valence-electron chi connectivity index (χ2n) is 8.15. The molecule has 1 unspecified atom stereocenters. The van der Waals surface area contributed by atoms with E-state index in [1.54, 1.807) is 0 Å². The quantitative estimate of drug-likeness (QED) is 0.684. The predicted molar refractivity (Wildman–Crippen MR) is 111 cm³/mol. The molecule has 28 heavy (non-hydrogen) atoms. The van der Waals surface area contributed by atoms with Crippen molar-refractivity contribution in [3.8, 4) is 11.4 Å². The van der Waals surface area contributed by atoms with Gasteiger partial charge < -0.3 is 14.2 Å². The van der Waals surface area contributed by atoms with Crippen LogP contribution in [0, 0.1) is 6.92 Å². The van der Waals surface area contributed by atoms with Gasteiger partial charge in [-0.25, -0.2) is 4.98 Å². The van der Waals surface area contributed by atoms with Crippen molar-refractivity contribution in [3.63, 3.8) is 0 Å². The highest BCUT2D eigenvalue weighted by atomic mass is 16.5. The molecule has 0 spiro atoms. The van der Waals surface area contributed by atoms with E-state index in [1.807, 2.05) is 18.5 Å². The Morgan fingerprint density at radius 2 is 1.96 bits per heavy atom. The highest BCUT2D eigenvalue weighted by molar-refractivity contribution is 5.94. The van der Waals surface area contributed by atoms with Crippen molar-refractivity contribution in [1.82, 2.24) is 19.4 Å². The maximum absolute atomic E-state index is 5.82. The van der Waals surface area contributed by atoms with Crippen LogP contribution >= 0.6 is 0 Å². The summed E-state index contributed by atoms with van der Waals surface area (Å²) < 4.78 is 8.22. The lowest BCUT2D eigenvalue weighted by Gasteiger charge is -2.34. The van der Waals surface area contributed by atoms with Crippen LogP contribution in [-0.4, -0.2) is 51.8 Å². The fourth-order valence-corrected chi connectivity index (χ4v) is 4.82. The van der Waals surface area contributed by atoms with Crippen molar-refractivity contribution < 1.29 is 4.74 Å².